The van der Waals surface area contributed by atoms with Gasteiger partial charge >= 0.3 is 0 Å². The lowest BCUT2D eigenvalue weighted by atomic mass is 10.2. The fraction of sp³-hybridized carbons (Fsp3) is 0.417. The number of benzene rings is 1. The number of thioether (sulfide) groups is 1. The first-order valence-corrected chi connectivity index (χ1v) is 8.62. The molecule has 1 aromatic carbocycles. The minimum absolute atomic E-state index is 0.0436. The Morgan fingerprint density at radius 2 is 1.95 bits per heavy atom. The smallest absolute Gasteiger partial charge is 0.288 e. The van der Waals surface area contributed by atoms with Crippen LogP contribution in [0, 0.1) is 0 Å². The Morgan fingerprint density at radius 1 is 1.30 bits per heavy atom. The SMILES string of the molecule is O=C(NC1CCS(=O)(=O)C1)c1ccc(SC(F)F)cc1. The van der Waals surface area contributed by atoms with Crippen molar-refractivity contribution < 1.29 is 22.0 Å². The molecule has 1 aliphatic rings. The molecule has 1 aromatic rings. The Balaban J connectivity index is 1.96. The molecule has 0 bridgehead atoms. The average Bonchev–Trinajstić information content (AvgIpc) is 2.68. The number of rotatable bonds is 4. The summed E-state index contributed by atoms with van der Waals surface area (Å²) in [6, 6.07) is 5.41. The first-order valence-electron chi connectivity index (χ1n) is 5.92. The second kappa shape index (κ2) is 6.09. The van der Waals surface area contributed by atoms with Gasteiger partial charge in [-0.05, 0) is 30.7 Å². The molecule has 2 rings (SSSR count). The molecule has 8 heteroatoms. The average molecular weight is 321 g/mol. The number of sulfone groups is 1. The van der Waals surface area contributed by atoms with Crippen LogP contribution in [0.2, 0.25) is 0 Å². The summed E-state index contributed by atoms with van der Waals surface area (Å²) in [6.45, 7) is 0. The van der Waals surface area contributed by atoms with E-state index >= 15 is 0 Å². The fourth-order valence-electron chi connectivity index (χ4n) is 1.97. The zero-order chi connectivity index (χ0) is 14.8. The first-order chi connectivity index (χ1) is 9.35. The van der Waals surface area contributed by atoms with Crippen LogP contribution in [0.1, 0.15) is 16.8 Å². The van der Waals surface area contributed by atoms with Crippen molar-refractivity contribution in [2.75, 3.05) is 11.5 Å². The van der Waals surface area contributed by atoms with E-state index in [0.29, 0.717) is 28.6 Å². The summed E-state index contributed by atoms with van der Waals surface area (Å²) in [5.41, 5.74) is 0.327. The van der Waals surface area contributed by atoms with Gasteiger partial charge in [0.15, 0.2) is 9.84 Å². The van der Waals surface area contributed by atoms with E-state index < -0.39 is 15.6 Å². The molecule has 1 aliphatic heterocycles. The highest BCUT2D eigenvalue weighted by Crippen LogP contribution is 2.25. The predicted molar refractivity (Wildman–Crippen MR) is 72.8 cm³/mol. The van der Waals surface area contributed by atoms with E-state index in [4.69, 9.17) is 0 Å². The molecular formula is C12H13F2NO3S2. The molecule has 1 N–H and O–H groups in total. The normalized spacial score (nSPS) is 21.1. The van der Waals surface area contributed by atoms with E-state index in [2.05, 4.69) is 5.32 Å². The van der Waals surface area contributed by atoms with Crippen molar-refractivity contribution >= 4 is 27.5 Å². The monoisotopic (exact) mass is 321 g/mol. The van der Waals surface area contributed by atoms with E-state index in [1.54, 1.807) is 0 Å². The topological polar surface area (TPSA) is 63.2 Å². The fourth-order valence-corrected chi connectivity index (χ4v) is 4.14. The third-order valence-corrected chi connectivity index (χ3v) is 5.40. The van der Waals surface area contributed by atoms with E-state index in [-0.39, 0.29) is 23.5 Å². The number of nitrogens with one attached hydrogen (secondary N) is 1. The molecule has 1 saturated heterocycles. The molecule has 1 unspecified atom stereocenters. The van der Waals surface area contributed by atoms with Crippen LogP contribution in [0.4, 0.5) is 8.78 Å². The van der Waals surface area contributed by atoms with Crippen molar-refractivity contribution in [1.29, 1.82) is 0 Å². The Kier molecular flexibility index (Phi) is 4.64. The Labute approximate surface area is 119 Å². The van der Waals surface area contributed by atoms with Crippen LogP contribution in [0.25, 0.3) is 0 Å². The maximum atomic E-state index is 12.1. The molecule has 0 radical (unpaired) electrons. The molecule has 0 aromatic heterocycles. The maximum Gasteiger partial charge on any atom is 0.288 e. The standard InChI is InChI=1S/C12H13F2NO3S2/c13-12(14)19-10-3-1-8(2-4-10)11(16)15-9-5-6-20(17,18)7-9/h1-4,9,12H,5-7H2,(H,15,16). The van der Waals surface area contributed by atoms with Crippen molar-refractivity contribution in [3.63, 3.8) is 0 Å². The highest BCUT2D eigenvalue weighted by Gasteiger charge is 2.29. The molecule has 1 heterocycles. The Morgan fingerprint density at radius 3 is 2.45 bits per heavy atom. The summed E-state index contributed by atoms with van der Waals surface area (Å²) in [4.78, 5) is 12.3. The highest BCUT2D eigenvalue weighted by atomic mass is 32.2. The third-order valence-electron chi connectivity index (χ3n) is 2.91. The van der Waals surface area contributed by atoms with Crippen LogP contribution in [0.5, 0.6) is 0 Å². The molecular weight excluding hydrogens is 308 g/mol. The summed E-state index contributed by atoms with van der Waals surface area (Å²) >= 11 is 0.407. The second-order valence-corrected chi connectivity index (χ2v) is 7.77. The second-order valence-electron chi connectivity index (χ2n) is 4.48. The lowest BCUT2D eigenvalue weighted by molar-refractivity contribution is 0.0941. The highest BCUT2D eigenvalue weighted by molar-refractivity contribution is 7.99. The lowest BCUT2D eigenvalue weighted by Crippen LogP contribution is -2.35. The van der Waals surface area contributed by atoms with Crippen LogP contribution < -0.4 is 5.32 Å². The van der Waals surface area contributed by atoms with E-state index in [0.717, 1.165) is 0 Å². The molecule has 1 atom stereocenters. The molecule has 4 nitrogen and oxygen atoms in total. The largest absolute Gasteiger partial charge is 0.348 e. The Bertz CT molecular complexity index is 587. The van der Waals surface area contributed by atoms with Crippen molar-refractivity contribution in [2.45, 2.75) is 23.1 Å². The lowest BCUT2D eigenvalue weighted by Gasteiger charge is -2.11. The third kappa shape index (κ3) is 4.17. The number of amides is 1. The number of hydrogen-bond donors (Lipinski definition) is 1. The minimum atomic E-state index is -3.04. The number of carbonyl (C=O) groups is 1. The molecule has 1 fully saturated rings. The van der Waals surface area contributed by atoms with E-state index in [1.165, 1.54) is 24.3 Å². The van der Waals surface area contributed by atoms with Gasteiger partial charge in [-0.1, -0.05) is 11.8 Å². The molecule has 20 heavy (non-hydrogen) atoms. The first kappa shape index (κ1) is 15.2. The summed E-state index contributed by atoms with van der Waals surface area (Å²) in [7, 11) is -3.04. The van der Waals surface area contributed by atoms with Gasteiger partial charge in [-0.3, -0.25) is 4.79 Å². The van der Waals surface area contributed by atoms with Crippen molar-refractivity contribution in [3.8, 4) is 0 Å². The number of halogens is 2. The van der Waals surface area contributed by atoms with Gasteiger partial charge in [0.05, 0.1) is 11.5 Å². The van der Waals surface area contributed by atoms with Gasteiger partial charge in [-0.15, -0.1) is 0 Å². The molecule has 0 saturated carbocycles. The van der Waals surface area contributed by atoms with E-state index in [1.807, 2.05) is 0 Å². The number of carbonyl (C=O) groups excluding carboxylic acids is 1. The van der Waals surface area contributed by atoms with Crippen LogP contribution in [-0.2, 0) is 9.84 Å². The van der Waals surface area contributed by atoms with Gasteiger partial charge in [-0.25, -0.2) is 8.42 Å². The van der Waals surface area contributed by atoms with Gasteiger partial charge in [0, 0.05) is 16.5 Å². The van der Waals surface area contributed by atoms with Gasteiger partial charge in [0.25, 0.3) is 11.7 Å². The van der Waals surface area contributed by atoms with E-state index in [9.17, 15) is 22.0 Å². The molecule has 1 amide bonds. The van der Waals surface area contributed by atoms with Crippen molar-refractivity contribution in [2.24, 2.45) is 0 Å². The zero-order valence-electron chi connectivity index (χ0n) is 10.4. The van der Waals surface area contributed by atoms with Crippen molar-refractivity contribution in [1.82, 2.24) is 5.32 Å². The summed E-state index contributed by atoms with van der Waals surface area (Å²) < 4.78 is 46.9. The minimum Gasteiger partial charge on any atom is -0.348 e. The number of hydrogen-bond acceptors (Lipinski definition) is 4. The summed E-state index contributed by atoms with van der Waals surface area (Å²) in [5, 5.41) is 2.64. The summed E-state index contributed by atoms with van der Waals surface area (Å²) in [5.74, 6) is -2.85. The molecule has 0 spiro atoms. The Hall–Kier alpha value is -1.15. The van der Waals surface area contributed by atoms with Gasteiger partial charge in [-0.2, -0.15) is 8.78 Å². The van der Waals surface area contributed by atoms with Crippen LogP contribution in [-0.4, -0.2) is 37.6 Å². The number of alkyl halides is 2. The maximum absolute atomic E-state index is 12.1. The van der Waals surface area contributed by atoms with Crippen molar-refractivity contribution in [3.05, 3.63) is 29.8 Å². The van der Waals surface area contributed by atoms with Gasteiger partial charge in [0.1, 0.15) is 0 Å². The van der Waals surface area contributed by atoms with Crippen LogP contribution >= 0.6 is 11.8 Å². The molecule has 110 valence electrons. The quantitative estimate of drug-likeness (QED) is 0.861. The van der Waals surface area contributed by atoms with Crippen LogP contribution in [0.15, 0.2) is 29.2 Å². The molecule has 0 aliphatic carbocycles. The zero-order valence-corrected chi connectivity index (χ0v) is 12.0. The van der Waals surface area contributed by atoms with Crippen LogP contribution in [0.3, 0.4) is 0 Å². The predicted octanol–water partition coefficient (Wildman–Crippen LogP) is 1.92. The van der Waals surface area contributed by atoms with Gasteiger partial charge in [0.2, 0.25) is 0 Å². The van der Waals surface area contributed by atoms with Gasteiger partial charge < -0.3 is 5.32 Å². The summed E-state index contributed by atoms with van der Waals surface area (Å²) in [6.07, 6.45) is 0.410.